The summed E-state index contributed by atoms with van der Waals surface area (Å²) < 4.78 is 48.9. The molecule has 0 aromatic carbocycles. The maximum Gasteiger partial charge on any atom is 0.383 e. The van der Waals surface area contributed by atoms with Crippen LogP contribution < -0.4 is 5.32 Å². The molecule has 0 heterocycles. The van der Waals surface area contributed by atoms with Gasteiger partial charge in [-0.3, -0.25) is 9.59 Å². The molecule has 0 radical (unpaired) electrons. The first-order valence-corrected chi connectivity index (χ1v) is 4.69. The van der Waals surface area contributed by atoms with Gasteiger partial charge in [0.2, 0.25) is 0 Å². The van der Waals surface area contributed by atoms with Gasteiger partial charge < -0.3 is 10.4 Å². The van der Waals surface area contributed by atoms with E-state index in [1.54, 1.807) is 5.32 Å². The first-order chi connectivity index (χ1) is 7.49. The molecule has 0 aliphatic heterocycles. The molecule has 17 heavy (non-hydrogen) atoms. The van der Waals surface area contributed by atoms with Crippen molar-refractivity contribution in [3.63, 3.8) is 0 Å². The molecule has 1 amide bonds. The number of carbonyl (C=O) groups is 2. The van der Waals surface area contributed by atoms with Crippen LogP contribution in [-0.2, 0) is 9.59 Å². The second-order valence-corrected chi connectivity index (χ2v) is 4.16. The normalized spacial score (nSPS) is 12.6. The van der Waals surface area contributed by atoms with Gasteiger partial charge in [0.05, 0.1) is 0 Å². The van der Waals surface area contributed by atoms with Crippen LogP contribution in [0, 0.1) is 0 Å². The van der Waals surface area contributed by atoms with Crippen LogP contribution >= 0.6 is 0 Å². The van der Waals surface area contributed by atoms with E-state index in [0.29, 0.717) is 0 Å². The summed E-state index contributed by atoms with van der Waals surface area (Å²) in [4.78, 5) is 21.1. The lowest BCUT2D eigenvalue weighted by molar-refractivity contribution is -0.171. The fraction of sp³-hybridized carbons (Fsp3) is 0.778. The summed E-state index contributed by atoms with van der Waals surface area (Å²) in [5.74, 6) is -8.06. The monoisotopic (exact) mass is 259 g/mol. The predicted octanol–water partition coefficient (Wildman–Crippen LogP) is 1.65. The molecular weight excluding hydrogens is 246 g/mol. The maximum absolute atomic E-state index is 12.6. The molecule has 0 aromatic rings. The van der Waals surface area contributed by atoms with Crippen molar-refractivity contribution >= 4 is 11.9 Å². The smallest absolute Gasteiger partial charge is 0.383 e. The third-order valence-electron chi connectivity index (χ3n) is 1.99. The molecule has 8 heteroatoms. The zero-order valence-electron chi connectivity index (χ0n) is 9.27. The van der Waals surface area contributed by atoms with Gasteiger partial charge in [0.25, 0.3) is 5.91 Å². The summed E-state index contributed by atoms with van der Waals surface area (Å²) in [6.45, 7) is 2.55. The lowest BCUT2D eigenvalue weighted by atomic mass is 9.98. The van der Waals surface area contributed by atoms with Gasteiger partial charge in [-0.1, -0.05) is 0 Å². The van der Waals surface area contributed by atoms with E-state index in [0.717, 1.165) is 0 Å². The lowest BCUT2D eigenvalue weighted by Crippen LogP contribution is -2.53. The van der Waals surface area contributed by atoms with E-state index in [-0.39, 0.29) is 12.8 Å². The highest BCUT2D eigenvalue weighted by Gasteiger charge is 2.50. The van der Waals surface area contributed by atoms with Crippen molar-refractivity contribution in [2.75, 3.05) is 0 Å². The van der Waals surface area contributed by atoms with Crippen LogP contribution in [0.15, 0.2) is 0 Å². The highest BCUT2D eigenvalue weighted by Crippen LogP contribution is 2.24. The van der Waals surface area contributed by atoms with E-state index in [2.05, 4.69) is 0 Å². The Morgan fingerprint density at radius 1 is 1.29 bits per heavy atom. The van der Waals surface area contributed by atoms with Gasteiger partial charge in [0, 0.05) is 12.0 Å². The third kappa shape index (κ3) is 5.01. The molecule has 0 atom stereocenters. The number of rotatable bonds is 6. The lowest BCUT2D eigenvalue weighted by Gasteiger charge is -2.27. The number of nitrogens with one attached hydrogen (secondary N) is 1. The molecule has 0 aromatic heterocycles. The van der Waals surface area contributed by atoms with Crippen LogP contribution in [0.1, 0.15) is 26.7 Å². The summed E-state index contributed by atoms with van der Waals surface area (Å²) in [6.07, 6.45) is -4.61. The van der Waals surface area contributed by atoms with Crippen LogP contribution in [0.5, 0.6) is 0 Å². The predicted molar refractivity (Wildman–Crippen MR) is 50.0 cm³/mol. The summed E-state index contributed by atoms with van der Waals surface area (Å²) >= 11 is 0. The summed E-state index contributed by atoms with van der Waals surface area (Å²) in [6, 6.07) is 0. The number of hydrogen-bond acceptors (Lipinski definition) is 2. The minimum absolute atomic E-state index is 0.145. The van der Waals surface area contributed by atoms with Crippen LogP contribution in [0.3, 0.4) is 0 Å². The molecule has 0 aliphatic carbocycles. The molecule has 100 valence electrons. The number of alkyl halides is 4. The van der Waals surface area contributed by atoms with E-state index in [1.165, 1.54) is 13.8 Å². The number of halogens is 4. The van der Waals surface area contributed by atoms with E-state index < -0.39 is 29.8 Å². The molecule has 0 saturated heterocycles. The fourth-order valence-electron chi connectivity index (χ4n) is 0.972. The minimum atomic E-state index is -4.78. The molecule has 0 saturated carbocycles. The summed E-state index contributed by atoms with van der Waals surface area (Å²) in [7, 11) is 0. The van der Waals surface area contributed by atoms with Gasteiger partial charge in [0.1, 0.15) is 0 Å². The molecule has 4 nitrogen and oxygen atoms in total. The fourth-order valence-corrected chi connectivity index (χ4v) is 0.972. The minimum Gasteiger partial charge on any atom is -0.481 e. The van der Waals surface area contributed by atoms with E-state index in [1.807, 2.05) is 0 Å². The van der Waals surface area contributed by atoms with Gasteiger partial charge in [-0.15, -0.1) is 0 Å². The number of aliphatic carboxylic acids is 1. The largest absolute Gasteiger partial charge is 0.481 e. The highest BCUT2D eigenvalue weighted by atomic mass is 19.3. The molecule has 0 aliphatic rings. The Morgan fingerprint density at radius 2 is 1.76 bits per heavy atom. The number of amides is 1. The first-order valence-electron chi connectivity index (χ1n) is 4.69. The third-order valence-corrected chi connectivity index (χ3v) is 1.99. The van der Waals surface area contributed by atoms with Crippen molar-refractivity contribution in [1.82, 2.24) is 5.32 Å². The van der Waals surface area contributed by atoms with Crippen LogP contribution in [0.4, 0.5) is 17.6 Å². The average Bonchev–Trinajstić information content (AvgIpc) is 2.14. The Balaban J connectivity index is 4.51. The van der Waals surface area contributed by atoms with Crippen LogP contribution in [-0.4, -0.2) is 34.9 Å². The van der Waals surface area contributed by atoms with E-state index in [4.69, 9.17) is 5.11 Å². The van der Waals surface area contributed by atoms with Crippen molar-refractivity contribution in [3.05, 3.63) is 0 Å². The summed E-state index contributed by atoms with van der Waals surface area (Å²) in [5.41, 5.74) is -1.30. The molecule has 0 bridgehead atoms. The van der Waals surface area contributed by atoms with Crippen molar-refractivity contribution in [3.8, 4) is 0 Å². The standard InChI is InChI=1S/C9H13F4NO3/c1-8(2,4-3-5(15)16)14-7(17)9(12,13)6(10)11/h6H,3-4H2,1-2H3,(H,14,17)(H,15,16). The Kier molecular flexibility index (Phi) is 4.91. The zero-order valence-corrected chi connectivity index (χ0v) is 9.27. The maximum atomic E-state index is 12.6. The average molecular weight is 259 g/mol. The highest BCUT2D eigenvalue weighted by molar-refractivity contribution is 5.84. The molecule has 2 N–H and O–H groups in total. The molecule has 0 rings (SSSR count). The number of carbonyl (C=O) groups excluding carboxylic acids is 1. The Hall–Kier alpha value is -1.34. The quantitative estimate of drug-likeness (QED) is 0.713. The number of carboxylic acids is 1. The number of carboxylic acid groups (broad SMARTS) is 1. The van der Waals surface area contributed by atoms with Crippen molar-refractivity contribution in [2.45, 2.75) is 44.6 Å². The molecule has 0 unspecified atom stereocenters. The first kappa shape index (κ1) is 15.7. The van der Waals surface area contributed by atoms with Crippen LogP contribution in [0.2, 0.25) is 0 Å². The van der Waals surface area contributed by atoms with Gasteiger partial charge in [-0.2, -0.15) is 8.78 Å². The van der Waals surface area contributed by atoms with Crippen molar-refractivity contribution < 1.29 is 32.3 Å². The molecular formula is C9H13F4NO3. The Labute approximate surface area is 95.0 Å². The SMILES string of the molecule is CC(C)(CCC(=O)O)NC(=O)C(F)(F)C(F)F. The van der Waals surface area contributed by atoms with E-state index >= 15 is 0 Å². The van der Waals surface area contributed by atoms with Crippen molar-refractivity contribution in [1.29, 1.82) is 0 Å². The Morgan fingerprint density at radius 3 is 2.12 bits per heavy atom. The number of hydrogen-bond donors (Lipinski definition) is 2. The molecule has 0 fully saturated rings. The van der Waals surface area contributed by atoms with Crippen LogP contribution in [0.25, 0.3) is 0 Å². The summed E-state index contributed by atoms with van der Waals surface area (Å²) in [5, 5.41) is 10.1. The van der Waals surface area contributed by atoms with Gasteiger partial charge in [0.15, 0.2) is 0 Å². The zero-order chi connectivity index (χ0) is 13.9. The second kappa shape index (κ2) is 5.33. The Bertz CT molecular complexity index is 305. The van der Waals surface area contributed by atoms with Gasteiger partial charge in [-0.25, -0.2) is 8.78 Å². The second-order valence-electron chi connectivity index (χ2n) is 4.16. The molecule has 0 spiro atoms. The van der Waals surface area contributed by atoms with Gasteiger partial charge in [-0.05, 0) is 20.3 Å². The topological polar surface area (TPSA) is 66.4 Å². The van der Waals surface area contributed by atoms with Crippen molar-refractivity contribution in [2.24, 2.45) is 0 Å². The van der Waals surface area contributed by atoms with E-state index in [9.17, 15) is 27.2 Å². The van der Waals surface area contributed by atoms with Gasteiger partial charge >= 0.3 is 18.3 Å².